The van der Waals surface area contributed by atoms with Gasteiger partial charge in [0.25, 0.3) is 5.91 Å². The molecule has 0 bridgehead atoms. The third-order valence-corrected chi connectivity index (χ3v) is 4.31. The van der Waals surface area contributed by atoms with Crippen LogP contribution in [0, 0.1) is 6.92 Å². The Morgan fingerprint density at radius 3 is 2.88 bits per heavy atom. The van der Waals surface area contributed by atoms with Crippen LogP contribution < -0.4 is 5.32 Å². The lowest BCUT2D eigenvalue weighted by Gasteiger charge is -2.17. The number of amides is 1. The van der Waals surface area contributed by atoms with Crippen LogP contribution in [0.25, 0.3) is 5.65 Å². The third kappa shape index (κ3) is 3.35. The predicted octanol–water partition coefficient (Wildman–Crippen LogP) is 3.08. The highest BCUT2D eigenvalue weighted by Gasteiger charge is 2.19. The van der Waals surface area contributed by atoms with Crippen molar-refractivity contribution in [3.05, 3.63) is 89.9 Å². The van der Waals surface area contributed by atoms with Crippen molar-refractivity contribution in [2.24, 2.45) is 0 Å². The number of hydrogen-bond donors (Lipinski definition) is 2. The minimum absolute atomic E-state index is 0.193. The fourth-order valence-corrected chi connectivity index (χ4v) is 2.97. The Hall–Kier alpha value is -3.41. The number of nitrogens with one attached hydrogen (secondary N) is 2. The highest BCUT2D eigenvalue weighted by molar-refractivity contribution is 5.93. The lowest BCUT2D eigenvalue weighted by atomic mass is 10.0. The third-order valence-electron chi connectivity index (χ3n) is 4.31. The van der Waals surface area contributed by atoms with Gasteiger partial charge in [0.05, 0.1) is 6.04 Å². The highest BCUT2D eigenvalue weighted by Crippen LogP contribution is 2.18. The summed E-state index contributed by atoms with van der Waals surface area (Å²) >= 11 is 0. The Morgan fingerprint density at radius 2 is 2.12 bits per heavy atom. The van der Waals surface area contributed by atoms with Crippen molar-refractivity contribution < 1.29 is 4.79 Å². The van der Waals surface area contributed by atoms with E-state index in [4.69, 9.17) is 0 Å². The molecule has 0 saturated heterocycles. The van der Waals surface area contributed by atoms with E-state index in [1.165, 1.54) is 0 Å². The largest absolute Gasteiger partial charge is 0.349 e. The van der Waals surface area contributed by atoms with E-state index in [-0.39, 0.29) is 11.9 Å². The van der Waals surface area contributed by atoms with Crippen LogP contribution in [0.5, 0.6) is 0 Å². The van der Waals surface area contributed by atoms with Gasteiger partial charge in [-0.05, 0) is 30.2 Å². The first-order chi connectivity index (χ1) is 12.7. The minimum atomic E-state index is -0.202. The normalized spacial score (nSPS) is 12.2. The zero-order valence-electron chi connectivity index (χ0n) is 14.4. The number of H-pyrrole nitrogens is 1. The molecule has 26 heavy (non-hydrogen) atoms. The molecular formula is C20H19N5O. The maximum atomic E-state index is 12.8. The molecule has 2 N–H and O–H groups in total. The lowest BCUT2D eigenvalue weighted by Crippen LogP contribution is -2.30. The van der Waals surface area contributed by atoms with Crippen molar-refractivity contribution >= 4 is 11.6 Å². The standard InChI is InChI=1S/C20H19N5O/c1-14-7-10-25-13-17(23-19(25)11-14)20(26)24-16(12-18-21-8-9-22-18)15-5-3-2-4-6-15/h2-11,13,16H,12H2,1H3,(H,21,22)(H,24,26). The second-order valence-electron chi connectivity index (χ2n) is 6.27. The summed E-state index contributed by atoms with van der Waals surface area (Å²) in [7, 11) is 0. The van der Waals surface area contributed by atoms with Crippen molar-refractivity contribution in [2.45, 2.75) is 19.4 Å². The molecule has 0 radical (unpaired) electrons. The number of carbonyl (C=O) groups excluding carboxylic acids is 1. The van der Waals surface area contributed by atoms with Crippen molar-refractivity contribution in [3.63, 3.8) is 0 Å². The molecule has 3 heterocycles. The summed E-state index contributed by atoms with van der Waals surface area (Å²) in [5, 5.41) is 3.09. The maximum absolute atomic E-state index is 12.8. The van der Waals surface area contributed by atoms with Crippen LogP contribution in [0.15, 0.2) is 67.3 Å². The van der Waals surface area contributed by atoms with Crippen LogP contribution in [0.3, 0.4) is 0 Å². The number of rotatable bonds is 5. The molecule has 0 spiro atoms. The molecular weight excluding hydrogens is 326 g/mol. The number of aromatic nitrogens is 4. The van der Waals surface area contributed by atoms with Gasteiger partial charge in [-0.3, -0.25) is 4.79 Å². The first-order valence-electron chi connectivity index (χ1n) is 8.48. The van der Waals surface area contributed by atoms with Gasteiger partial charge in [0.15, 0.2) is 0 Å². The Morgan fingerprint density at radius 1 is 1.27 bits per heavy atom. The van der Waals surface area contributed by atoms with E-state index in [9.17, 15) is 4.79 Å². The van der Waals surface area contributed by atoms with Gasteiger partial charge in [0.2, 0.25) is 0 Å². The number of carbonyl (C=O) groups is 1. The quantitative estimate of drug-likeness (QED) is 0.584. The molecule has 6 heteroatoms. The van der Waals surface area contributed by atoms with Gasteiger partial charge in [-0.2, -0.15) is 0 Å². The van der Waals surface area contributed by atoms with E-state index in [1.807, 2.05) is 60.0 Å². The monoisotopic (exact) mass is 345 g/mol. The zero-order chi connectivity index (χ0) is 17.9. The summed E-state index contributed by atoms with van der Waals surface area (Å²) in [4.78, 5) is 24.6. The van der Waals surface area contributed by atoms with Gasteiger partial charge >= 0.3 is 0 Å². The van der Waals surface area contributed by atoms with Crippen molar-refractivity contribution in [3.8, 4) is 0 Å². The average molecular weight is 345 g/mol. The van der Waals surface area contributed by atoms with Crippen LogP contribution in [-0.4, -0.2) is 25.3 Å². The average Bonchev–Trinajstić information content (AvgIpc) is 3.31. The van der Waals surface area contributed by atoms with Crippen molar-refractivity contribution in [1.29, 1.82) is 0 Å². The summed E-state index contributed by atoms with van der Waals surface area (Å²) < 4.78 is 1.85. The second kappa shape index (κ2) is 6.84. The van der Waals surface area contributed by atoms with Crippen LogP contribution in [0.4, 0.5) is 0 Å². The molecule has 0 aliphatic carbocycles. The molecule has 0 saturated carbocycles. The molecule has 4 aromatic rings. The fourth-order valence-electron chi connectivity index (χ4n) is 2.97. The minimum Gasteiger partial charge on any atom is -0.349 e. The molecule has 130 valence electrons. The van der Waals surface area contributed by atoms with E-state index in [2.05, 4.69) is 20.3 Å². The SMILES string of the molecule is Cc1ccn2cc(C(=O)NC(Cc3ncc[nH]3)c3ccccc3)nc2c1. The smallest absolute Gasteiger partial charge is 0.272 e. The first-order valence-corrected chi connectivity index (χ1v) is 8.48. The van der Waals surface area contributed by atoms with E-state index in [0.29, 0.717) is 12.1 Å². The van der Waals surface area contributed by atoms with Gasteiger partial charge in [-0.15, -0.1) is 0 Å². The fraction of sp³-hybridized carbons (Fsp3) is 0.150. The van der Waals surface area contributed by atoms with Crippen LogP contribution in [0.1, 0.15) is 33.5 Å². The van der Waals surface area contributed by atoms with E-state index < -0.39 is 0 Å². The summed E-state index contributed by atoms with van der Waals surface area (Å²) in [5.41, 5.74) is 3.29. The Kier molecular flexibility index (Phi) is 4.23. The van der Waals surface area contributed by atoms with Gasteiger partial charge in [-0.1, -0.05) is 30.3 Å². The zero-order valence-corrected chi connectivity index (χ0v) is 14.4. The molecule has 1 atom stereocenters. The summed E-state index contributed by atoms with van der Waals surface area (Å²) in [6.45, 7) is 2.00. The number of fused-ring (bicyclic) bond motifs is 1. The molecule has 1 unspecified atom stereocenters. The number of aryl methyl sites for hydroxylation is 1. The lowest BCUT2D eigenvalue weighted by molar-refractivity contribution is 0.0931. The maximum Gasteiger partial charge on any atom is 0.272 e. The number of nitrogens with zero attached hydrogens (tertiary/aromatic N) is 3. The Labute approximate surface area is 150 Å². The van der Waals surface area contributed by atoms with E-state index in [1.54, 1.807) is 18.6 Å². The number of pyridine rings is 1. The van der Waals surface area contributed by atoms with Gasteiger partial charge in [0, 0.05) is 31.2 Å². The molecule has 6 nitrogen and oxygen atoms in total. The van der Waals surface area contributed by atoms with Crippen LogP contribution >= 0.6 is 0 Å². The molecule has 0 aliphatic heterocycles. The van der Waals surface area contributed by atoms with Crippen molar-refractivity contribution in [2.75, 3.05) is 0 Å². The Bertz CT molecular complexity index is 1020. The summed E-state index contributed by atoms with van der Waals surface area (Å²) in [6.07, 6.45) is 7.73. The number of imidazole rings is 2. The van der Waals surface area contributed by atoms with E-state index >= 15 is 0 Å². The molecule has 4 rings (SSSR count). The highest BCUT2D eigenvalue weighted by atomic mass is 16.2. The van der Waals surface area contributed by atoms with Crippen molar-refractivity contribution in [1.82, 2.24) is 24.7 Å². The molecule has 0 fully saturated rings. The summed E-state index contributed by atoms with van der Waals surface area (Å²) in [6, 6.07) is 13.6. The molecule has 1 aromatic carbocycles. The summed E-state index contributed by atoms with van der Waals surface area (Å²) in [5.74, 6) is 0.622. The van der Waals surface area contributed by atoms with Crippen LogP contribution in [-0.2, 0) is 6.42 Å². The molecule has 0 aliphatic rings. The first kappa shape index (κ1) is 16.1. The van der Waals surface area contributed by atoms with Gasteiger partial charge < -0.3 is 14.7 Å². The topological polar surface area (TPSA) is 75.1 Å². The second-order valence-corrected chi connectivity index (χ2v) is 6.27. The molecule has 1 amide bonds. The van der Waals surface area contributed by atoms with Gasteiger partial charge in [0.1, 0.15) is 17.2 Å². The van der Waals surface area contributed by atoms with Crippen LogP contribution in [0.2, 0.25) is 0 Å². The number of hydrogen-bond acceptors (Lipinski definition) is 3. The van der Waals surface area contributed by atoms with E-state index in [0.717, 1.165) is 22.6 Å². The molecule has 3 aromatic heterocycles. The number of benzene rings is 1. The number of aromatic amines is 1. The Balaban J connectivity index is 1.60. The predicted molar refractivity (Wildman–Crippen MR) is 98.9 cm³/mol. The van der Waals surface area contributed by atoms with Gasteiger partial charge in [-0.25, -0.2) is 9.97 Å².